The number of rotatable bonds is 4. The first-order valence-electron chi connectivity index (χ1n) is 5.66. The summed E-state index contributed by atoms with van der Waals surface area (Å²) in [4.78, 5) is 11.9. The summed E-state index contributed by atoms with van der Waals surface area (Å²) in [6.07, 6.45) is 0. The molecule has 0 fully saturated rings. The van der Waals surface area contributed by atoms with Gasteiger partial charge in [-0.2, -0.15) is 0 Å². The Labute approximate surface area is 124 Å². The molecule has 0 radical (unpaired) electrons. The largest absolute Gasteiger partial charge is 0.293 e. The topological polar surface area (TPSA) is 51.2 Å². The molecule has 0 amide bonds. The minimum atomic E-state index is -3.79. The number of carbonyl (C=O) groups is 1. The lowest BCUT2D eigenvalue weighted by atomic mass is 10.1. The quantitative estimate of drug-likeness (QED) is 0.790. The molecule has 2 aromatic rings. The SMILES string of the molecule is O=C(CS(=O)(=O)c1cccc(Br)c1)c1ccccc1F. The summed E-state index contributed by atoms with van der Waals surface area (Å²) < 4.78 is 38.3. The van der Waals surface area contributed by atoms with E-state index < -0.39 is 27.2 Å². The summed E-state index contributed by atoms with van der Waals surface area (Å²) in [5.41, 5.74) is -0.217. The Morgan fingerprint density at radius 2 is 1.80 bits per heavy atom. The van der Waals surface area contributed by atoms with Crippen LogP contribution in [-0.2, 0) is 9.84 Å². The maximum absolute atomic E-state index is 13.5. The molecule has 2 aromatic carbocycles. The summed E-state index contributed by atoms with van der Waals surface area (Å²) in [5, 5.41) is 0. The van der Waals surface area contributed by atoms with Gasteiger partial charge >= 0.3 is 0 Å². The molecule has 0 saturated heterocycles. The molecule has 0 spiro atoms. The van der Waals surface area contributed by atoms with Crippen LogP contribution >= 0.6 is 15.9 Å². The second kappa shape index (κ2) is 5.85. The van der Waals surface area contributed by atoms with E-state index in [0.29, 0.717) is 4.47 Å². The Morgan fingerprint density at radius 1 is 1.10 bits per heavy atom. The smallest absolute Gasteiger partial charge is 0.185 e. The number of benzene rings is 2. The molecule has 0 bridgehead atoms. The lowest BCUT2D eigenvalue weighted by molar-refractivity contribution is 0.101. The highest BCUT2D eigenvalue weighted by molar-refractivity contribution is 9.10. The lowest BCUT2D eigenvalue weighted by Gasteiger charge is -2.05. The molecule has 20 heavy (non-hydrogen) atoms. The average molecular weight is 357 g/mol. The lowest BCUT2D eigenvalue weighted by Crippen LogP contribution is -2.17. The van der Waals surface area contributed by atoms with Crippen LogP contribution in [0, 0.1) is 5.82 Å². The normalized spacial score (nSPS) is 11.3. The van der Waals surface area contributed by atoms with Gasteiger partial charge < -0.3 is 0 Å². The molecular formula is C14H10BrFO3S. The van der Waals surface area contributed by atoms with Gasteiger partial charge in [0.1, 0.15) is 11.6 Å². The molecule has 0 saturated carbocycles. The fraction of sp³-hybridized carbons (Fsp3) is 0.0714. The van der Waals surface area contributed by atoms with Crippen LogP contribution in [0.4, 0.5) is 4.39 Å². The van der Waals surface area contributed by atoms with Crippen LogP contribution in [0.25, 0.3) is 0 Å². The summed E-state index contributed by atoms with van der Waals surface area (Å²) in [7, 11) is -3.79. The number of halogens is 2. The number of sulfone groups is 1. The fourth-order valence-corrected chi connectivity index (χ4v) is 3.49. The van der Waals surface area contributed by atoms with Crippen LogP contribution in [0.15, 0.2) is 57.9 Å². The standard InChI is InChI=1S/C14H10BrFO3S/c15-10-4-3-5-11(8-10)20(18,19)9-14(17)12-6-1-2-7-13(12)16/h1-8H,9H2. The summed E-state index contributed by atoms with van der Waals surface area (Å²) in [6.45, 7) is 0. The summed E-state index contributed by atoms with van der Waals surface area (Å²) in [5.74, 6) is -2.24. The van der Waals surface area contributed by atoms with E-state index >= 15 is 0 Å². The first-order valence-corrected chi connectivity index (χ1v) is 8.11. The van der Waals surface area contributed by atoms with Crippen molar-refractivity contribution in [1.82, 2.24) is 0 Å². The molecule has 0 atom stereocenters. The third kappa shape index (κ3) is 3.32. The van der Waals surface area contributed by atoms with Crippen LogP contribution in [0.5, 0.6) is 0 Å². The Morgan fingerprint density at radius 3 is 2.45 bits per heavy atom. The number of carbonyl (C=O) groups excluding carboxylic acids is 1. The van der Waals surface area contributed by atoms with Gasteiger partial charge in [-0.1, -0.05) is 34.1 Å². The number of hydrogen-bond acceptors (Lipinski definition) is 3. The Kier molecular flexibility index (Phi) is 4.35. The van der Waals surface area contributed by atoms with E-state index in [-0.39, 0.29) is 10.5 Å². The van der Waals surface area contributed by atoms with Crippen LogP contribution in [-0.4, -0.2) is 20.0 Å². The fourth-order valence-electron chi connectivity index (χ4n) is 1.68. The maximum Gasteiger partial charge on any atom is 0.185 e. The van der Waals surface area contributed by atoms with E-state index in [4.69, 9.17) is 0 Å². The number of ketones is 1. The van der Waals surface area contributed by atoms with Crippen molar-refractivity contribution in [1.29, 1.82) is 0 Å². The minimum absolute atomic E-state index is 0.0246. The Bertz CT molecular complexity index is 757. The molecule has 0 unspecified atom stereocenters. The average Bonchev–Trinajstić information content (AvgIpc) is 2.38. The maximum atomic E-state index is 13.5. The van der Waals surface area contributed by atoms with Crippen LogP contribution in [0.3, 0.4) is 0 Å². The predicted octanol–water partition coefficient (Wildman–Crippen LogP) is 3.24. The highest BCUT2D eigenvalue weighted by atomic mass is 79.9. The van der Waals surface area contributed by atoms with Crippen LogP contribution in [0.2, 0.25) is 0 Å². The second-order valence-corrected chi connectivity index (χ2v) is 7.02. The van der Waals surface area contributed by atoms with E-state index in [2.05, 4.69) is 15.9 Å². The van der Waals surface area contributed by atoms with Crippen molar-refractivity contribution in [2.75, 3.05) is 5.75 Å². The third-order valence-electron chi connectivity index (χ3n) is 2.65. The van der Waals surface area contributed by atoms with E-state index in [1.807, 2.05) is 0 Å². The number of Topliss-reactive ketones (excluding diaryl/α,β-unsaturated/α-hetero) is 1. The van der Waals surface area contributed by atoms with Crippen molar-refractivity contribution < 1.29 is 17.6 Å². The molecule has 0 heterocycles. The molecule has 0 aliphatic carbocycles. The van der Waals surface area contributed by atoms with Gasteiger partial charge in [-0.25, -0.2) is 12.8 Å². The summed E-state index contributed by atoms with van der Waals surface area (Å²) >= 11 is 3.17. The van der Waals surface area contributed by atoms with Crippen molar-refractivity contribution in [3.63, 3.8) is 0 Å². The van der Waals surface area contributed by atoms with Crippen molar-refractivity contribution in [2.24, 2.45) is 0 Å². The van der Waals surface area contributed by atoms with Gasteiger partial charge in [0.15, 0.2) is 15.6 Å². The molecule has 0 aromatic heterocycles. The zero-order chi connectivity index (χ0) is 14.8. The van der Waals surface area contributed by atoms with Gasteiger partial charge in [-0.05, 0) is 30.3 Å². The van der Waals surface area contributed by atoms with Gasteiger partial charge in [-0.15, -0.1) is 0 Å². The molecule has 0 N–H and O–H groups in total. The van der Waals surface area contributed by atoms with Gasteiger partial charge in [0, 0.05) is 4.47 Å². The van der Waals surface area contributed by atoms with E-state index in [1.54, 1.807) is 12.1 Å². The molecule has 2 rings (SSSR count). The zero-order valence-electron chi connectivity index (χ0n) is 10.2. The summed E-state index contributed by atoms with van der Waals surface area (Å²) in [6, 6.07) is 11.4. The molecule has 0 aliphatic heterocycles. The highest BCUT2D eigenvalue weighted by Gasteiger charge is 2.22. The van der Waals surface area contributed by atoms with Gasteiger partial charge in [0.05, 0.1) is 10.5 Å². The molecule has 104 valence electrons. The second-order valence-electron chi connectivity index (χ2n) is 4.12. The van der Waals surface area contributed by atoms with E-state index in [1.165, 1.54) is 30.3 Å². The number of hydrogen-bond donors (Lipinski definition) is 0. The van der Waals surface area contributed by atoms with E-state index in [9.17, 15) is 17.6 Å². The molecule has 0 aliphatic rings. The zero-order valence-corrected chi connectivity index (χ0v) is 12.6. The van der Waals surface area contributed by atoms with Crippen LogP contribution in [0.1, 0.15) is 10.4 Å². The minimum Gasteiger partial charge on any atom is -0.293 e. The molecule has 3 nitrogen and oxygen atoms in total. The van der Waals surface area contributed by atoms with Crippen molar-refractivity contribution >= 4 is 31.6 Å². The Balaban J connectivity index is 2.30. The Hall–Kier alpha value is -1.53. The van der Waals surface area contributed by atoms with E-state index in [0.717, 1.165) is 6.07 Å². The van der Waals surface area contributed by atoms with Gasteiger partial charge in [-0.3, -0.25) is 4.79 Å². The van der Waals surface area contributed by atoms with Crippen LogP contribution < -0.4 is 0 Å². The van der Waals surface area contributed by atoms with Gasteiger partial charge in [0.25, 0.3) is 0 Å². The third-order valence-corrected chi connectivity index (χ3v) is 4.76. The molecule has 6 heteroatoms. The first-order chi connectivity index (χ1) is 9.40. The predicted molar refractivity (Wildman–Crippen MR) is 76.9 cm³/mol. The van der Waals surface area contributed by atoms with Crippen molar-refractivity contribution in [3.05, 3.63) is 64.4 Å². The highest BCUT2D eigenvalue weighted by Crippen LogP contribution is 2.18. The van der Waals surface area contributed by atoms with Crippen molar-refractivity contribution in [3.8, 4) is 0 Å². The monoisotopic (exact) mass is 356 g/mol. The first kappa shape index (κ1) is 14.9. The van der Waals surface area contributed by atoms with Gasteiger partial charge in [0.2, 0.25) is 0 Å². The molecular weight excluding hydrogens is 347 g/mol. The van der Waals surface area contributed by atoms with Crippen molar-refractivity contribution in [2.45, 2.75) is 4.90 Å².